The molecule has 2 aliphatic heterocycles. The van der Waals surface area contributed by atoms with Gasteiger partial charge in [-0.25, -0.2) is 8.42 Å². The van der Waals surface area contributed by atoms with E-state index >= 15 is 0 Å². The molecule has 0 aromatic heterocycles. The zero-order chi connectivity index (χ0) is 17.9. The molecule has 6 nitrogen and oxygen atoms in total. The number of piperidine rings is 1. The quantitative estimate of drug-likeness (QED) is 0.865. The molecule has 2 fully saturated rings. The number of benzene rings is 1. The molecule has 1 atom stereocenters. The van der Waals surface area contributed by atoms with E-state index in [-0.39, 0.29) is 16.9 Å². The van der Waals surface area contributed by atoms with Gasteiger partial charge in [0.2, 0.25) is 10.0 Å². The fourth-order valence-electron chi connectivity index (χ4n) is 3.29. The lowest BCUT2D eigenvalue weighted by Crippen LogP contribution is -2.38. The first-order chi connectivity index (χ1) is 12.0. The van der Waals surface area contributed by atoms with Gasteiger partial charge in [-0.05, 0) is 49.8 Å². The fraction of sp³-hybridized carbons (Fsp3) is 0.611. The molecule has 1 aromatic rings. The van der Waals surface area contributed by atoms with E-state index < -0.39 is 10.0 Å². The second-order valence-corrected chi connectivity index (χ2v) is 8.90. The van der Waals surface area contributed by atoms with Crippen LogP contribution in [0.15, 0.2) is 29.2 Å². The van der Waals surface area contributed by atoms with Gasteiger partial charge in [-0.2, -0.15) is 4.31 Å². The molecule has 0 spiro atoms. The van der Waals surface area contributed by atoms with Crippen LogP contribution in [-0.2, 0) is 14.8 Å². The molecule has 138 valence electrons. The molecule has 2 saturated heterocycles. The lowest BCUT2D eigenvalue weighted by atomic mass is 10.0. The highest BCUT2D eigenvalue weighted by molar-refractivity contribution is 7.89. The van der Waals surface area contributed by atoms with Gasteiger partial charge in [0, 0.05) is 31.8 Å². The maximum Gasteiger partial charge on any atom is 0.251 e. The standard InChI is InChI=1S/C18H26N2O4S/c1-14-7-9-20(10-8-14)25(22,23)17-6-2-4-15(12-17)18(21)19-13-16-5-3-11-24-16/h2,4,6,12,14,16H,3,5,7-11,13H2,1H3,(H,19,21)/t16-/m1/s1. The van der Waals surface area contributed by atoms with Gasteiger partial charge in [0.25, 0.3) is 5.91 Å². The van der Waals surface area contributed by atoms with Crippen molar-refractivity contribution in [1.29, 1.82) is 0 Å². The second kappa shape index (κ2) is 7.85. The van der Waals surface area contributed by atoms with Crippen molar-refractivity contribution in [3.8, 4) is 0 Å². The third-order valence-corrected chi connectivity index (χ3v) is 6.89. The number of ether oxygens (including phenoxy) is 1. The molecule has 25 heavy (non-hydrogen) atoms. The molecule has 0 radical (unpaired) electrons. The smallest absolute Gasteiger partial charge is 0.251 e. The molecule has 3 rings (SSSR count). The van der Waals surface area contributed by atoms with Crippen molar-refractivity contribution in [2.24, 2.45) is 5.92 Å². The number of hydrogen-bond acceptors (Lipinski definition) is 4. The van der Waals surface area contributed by atoms with E-state index in [1.54, 1.807) is 18.2 Å². The molecule has 0 bridgehead atoms. The van der Waals surface area contributed by atoms with Gasteiger partial charge >= 0.3 is 0 Å². The van der Waals surface area contributed by atoms with E-state index in [0.717, 1.165) is 32.3 Å². The number of carbonyl (C=O) groups excluding carboxylic acids is 1. The maximum absolute atomic E-state index is 12.8. The zero-order valence-electron chi connectivity index (χ0n) is 14.6. The Morgan fingerprint density at radius 1 is 1.28 bits per heavy atom. The molecule has 2 aliphatic rings. The minimum Gasteiger partial charge on any atom is -0.376 e. The molecule has 0 saturated carbocycles. The van der Waals surface area contributed by atoms with Gasteiger partial charge < -0.3 is 10.1 Å². The van der Waals surface area contributed by atoms with E-state index in [0.29, 0.717) is 31.1 Å². The number of amides is 1. The van der Waals surface area contributed by atoms with Gasteiger partial charge in [-0.3, -0.25) is 4.79 Å². The number of nitrogens with zero attached hydrogens (tertiary/aromatic N) is 1. The van der Waals surface area contributed by atoms with Gasteiger partial charge in [-0.1, -0.05) is 13.0 Å². The van der Waals surface area contributed by atoms with Crippen molar-refractivity contribution in [3.05, 3.63) is 29.8 Å². The second-order valence-electron chi connectivity index (χ2n) is 6.96. The summed E-state index contributed by atoms with van der Waals surface area (Å²) in [6.45, 7) is 4.42. The summed E-state index contributed by atoms with van der Waals surface area (Å²) in [5, 5.41) is 2.83. The van der Waals surface area contributed by atoms with Gasteiger partial charge in [0.15, 0.2) is 0 Å². The van der Waals surface area contributed by atoms with Crippen LogP contribution in [0.25, 0.3) is 0 Å². The minimum absolute atomic E-state index is 0.0613. The number of sulfonamides is 1. The summed E-state index contributed by atoms with van der Waals surface area (Å²) < 4.78 is 32.6. The van der Waals surface area contributed by atoms with Crippen LogP contribution in [0.5, 0.6) is 0 Å². The summed E-state index contributed by atoms with van der Waals surface area (Å²) in [5.41, 5.74) is 0.365. The molecule has 1 amide bonds. The summed E-state index contributed by atoms with van der Waals surface area (Å²) >= 11 is 0. The fourth-order valence-corrected chi connectivity index (χ4v) is 4.80. The highest BCUT2D eigenvalue weighted by Crippen LogP contribution is 2.24. The Bertz CT molecular complexity index is 706. The number of nitrogens with one attached hydrogen (secondary N) is 1. The Morgan fingerprint density at radius 3 is 2.72 bits per heavy atom. The Morgan fingerprint density at radius 2 is 2.04 bits per heavy atom. The maximum atomic E-state index is 12.8. The van der Waals surface area contributed by atoms with Crippen molar-refractivity contribution < 1.29 is 17.9 Å². The van der Waals surface area contributed by atoms with E-state index in [2.05, 4.69) is 12.2 Å². The molecule has 7 heteroatoms. The topological polar surface area (TPSA) is 75.7 Å². The van der Waals surface area contributed by atoms with Crippen molar-refractivity contribution in [2.75, 3.05) is 26.2 Å². The predicted molar refractivity (Wildman–Crippen MR) is 94.9 cm³/mol. The van der Waals surface area contributed by atoms with E-state index in [1.807, 2.05) is 0 Å². The summed E-state index contributed by atoms with van der Waals surface area (Å²) in [6.07, 6.45) is 3.78. The Balaban J connectivity index is 1.68. The molecule has 2 heterocycles. The summed E-state index contributed by atoms with van der Waals surface area (Å²) in [6, 6.07) is 6.30. The Labute approximate surface area is 149 Å². The van der Waals surface area contributed by atoms with E-state index in [1.165, 1.54) is 10.4 Å². The Kier molecular flexibility index (Phi) is 5.76. The van der Waals surface area contributed by atoms with E-state index in [9.17, 15) is 13.2 Å². The molecular formula is C18H26N2O4S. The molecular weight excluding hydrogens is 340 g/mol. The zero-order valence-corrected chi connectivity index (χ0v) is 15.4. The SMILES string of the molecule is CC1CCN(S(=O)(=O)c2cccc(C(=O)NC[C@H]3CCCO3)c2)CC1. The van der Waals surface area contributed by atoms with Crippen LogP contribution in [0.3, 0.4) is 0 Å². The normalized spacial score (nSPS) is 22.8. The van der Waals surface area contributed by atoms with Crippen LogP contribution in [0.4, 0.5) is 0 Å². The van der Waals surface area contributed by atoms with Crippen LogP contribution in [0.1, 0.15) is 43.0 Å². The van der Waals surface area contributed by atoms with Crippen molar-refractivity contribution in [2.45, 2.75) is 43.6 Å². The van der Waals surface area contributed by atoms with Crippen molar-refractivity contribution in [3.63, 3.8) is 0 Å². The molecule has 0 aliphatic carbocycles. The lowest BCUT2D eigenvalue weighted by molar-refractivity contribution is 0.0857. The largest absolute Gasteiger partial charge is 0.376 e. The highest BCUT2D eigenvalue weighted by Gasteiger charge is 2.28. The first-order valence-corrected chi connectivity index (χ1v) is 10.4. The molecule has 0 unspecified atom stereocenters. The van der Waals surface area contributed by atoms with Gasteiger partial charge in [0.05, 0.1) is 11.0 Å². The number of rotatable bonds is 5. The first kappa shape index (κ1) is 18.4. The van der Waals surface area contributed by atoms with Crippen LogP contribution >= 0.6 is 0 Å². The van der Waals surface area contributed by atoms with Gasteiger partial charge in [-0.15, -0.1) is 0 Å². The first-order valence-electron chi connectivity index (χ1n) is 8.97. The summed E-state index contributed by atoms with van der Waals surface area (Å²) in [7, 11) is -3.54. The summed E-state index contributed by atoms with van der Waals surface area (Å²) in [5.74, 6) is 0.293. The van der Waals surface area contributed by atoms with Crippen LogP contribution in [0.2, 0.25) is 0 Å². The van der Waals surface area contributed by atoms with Crippen LogP contribution < -0.4 is 5.32 Å². The van der Waals surface area contributed by atoms with Crippen LogP contribution in [0, 0.1) is 5.92 Å². The third kappa shape index (κ3) is 4.40. The average Bonchev–Trinajstić information content (AvgIpc) is 3.14. The minimum atomic E-state index is -3.54. The average molecular weight is 366 g/mol. The van der Waals surface area contributed by atoms with Crippen molar-refractivity contribution in [1.82, 2.24) is 9.62 Å². The van der Waals surface area contributed by atoms with Gasteiger partial charge in [0.1, 0.15) is 0 Å². The predicted octanol–water partition coefficient (Wildman–Crippen LogP) is 2.02. The third-order valence-electron chi connectivity index (χ3n) is 4.99. The van der Waals surface area contributed by atoms with E-state index in [4.69, 9.17) is 4.74 Å². The van der Waals surface area contributed by atoms with Crippen molar-refractivity contribution >= 4 is 15.9 Å². The monoisotopic (exact) mass is 366 g/mol. The molecule has 1 N–H and O–H groups in total. The number of hydrogen-bond donors (Lipinski definition) is 1. The lowest BCUT2D eigenvalue weighted by Gasteiger charge is -2.29. The number of carbonyl (C=O) groups is 1. The molecule has 1 aromatic carbocycles. The Hall–Kier alpha value is -1.44. The van der Waals surface area contributed by atoms with Crippen LogP contribution in [-0.4, -0.2) is 51.0 Å². The highest BCUT2D eigenvalue weighted by atomic mass is 32.2. The summed E-state index contributed by atoms with van der Waals surface area (Å²) in [4.78, 5) is 12.5.